The van der Waals surface area contributed by atoms with Gasteiger partial charge in [0.15, 0.2) is 11.6 Å². The zero-order valence-corrected chi connectivity index (χ0v) is 23.5. The third-order valence-corrected chi connectivity index (χ3v) is 8.83. The van der Waals surface area contributed by atoms with Gasteiger partial charge in [-0.15, -0.1) is 0 Å². The van der Waals surface area contributed by atoms with Crippen LogP contribution >= 0.6 is 0 Å². The fourth-order valence-electron chi connectivity index (χ4n) is 6.45. The Kier molecular flexibility index (Phi) is 8.16. The molecule has 212 valence electrons. The Bertz CT molecular complexity index is 1380. The van der Waals surface area contributed by atoms with Gasteiger partial charge in [-0.3, -0.25) is 4.79 Å². The summed E-state index contributed by atoms with van der Waals surface area (Å²) in [6, 6.07) is 15.7. The molecule has 3 aromatic rings. The van der Waals surface area contributed by atoms with Crippen molar-refractivity contribution in [3.8, 4) is 22.6 Å². The van der Waals surface area contributed by atoms with Gasteiger partial charge in [0.2, 0.25) is 0 Å². The first-order chi connectivity index (χ1) is 19.2. The second-order valence-corrected chi connectivity index (χ2v) is 12.0. The minimum atomic E-state index is -0.923. The number of rotatable bonds is 10. The summed E-state index contributed by atoms with van der Waals surface area (Å²) in [5.74, 6) is -0.901. The number of ether oxygens (including phenoxy) is 2. The van der Waals surface area contributed by atoms with E-state index in [-0.39, 0.29) is 47.8 Å². The Balaban J connectivity index is 1.47. The molecule has 0 radical (unpaired) electrons. The molecule has 2 aliphatic carbocycles. The maximum Gasteiger partial charge on any atom is 0.303 e. The van der Waals surface area contributed by atoms with Gasteiger partial charge in [-0.25, -0.2) is 8.78 Å². The van der Waals surface area contributed by atoms with Gasteiger partial charge in [0, 0.05) is 11.5 Å². The van der Waals surface area contributed by atoms with Crippen LogP contribution in [0.25, 0.3) is 11.1 Å². The first-order valence-corrected chi connectivity index (χ1v) is 14.3. The fraction of sp³-hybridized carbons (Fsp3) is 0.441. The number of hydrogen-bond donors (Lipinski definition) is 1. The van der Waals surface area contributed by atoms with Crippen molar-refractivity contribution in [1.82, 2.24) is 0 Å². The molecule has 3 aromatic carbocycles. The van der Waals surface area contributed by atoms with E-state index in [2.05, 4.69) is 19.9 Å². The van der Waals surface area contributed by atoms with Crippen LogP contribution in [0.5, 0.6) is 11.5 Å². The zero-order chi connectivity index (χ0) is 28.4. The fourth-order valence-corrected chi connectivity index (χ4v) is 6.45. The van der Waals surface area contributed by atoms with Crippen molar-refractivity contribution in [2.75, 3.05) is 7.11 Å². The third kappa shape index (κ3) is 6.01. The van der Waals surface area contributed by atoms with Crippen molar-refractivity contribution in [3.05, 3.63) is 82.9 Å². The van der Waals surface area contributed by atoms with Gasteiger partial charge in [-0.1, -0.05) is 57.0 Å². The summed E-state index contributed by atoms with van der Waals surface area (Å²) in [5, 5.41) is 9.37. The molecule has 4 nitrogen and oxygen atoms in total. The summed E-state index contributed by atoms with van der Waals surface area (Å²) in [7, 11) is 1.57. The Morgan fingerprint density at radius 2 is 1.82 bits per heavy atom. The molecule has 0 spiro atoms. The zero-order valence-electron chi connectivity index (χ0n) is 23.5. The predicted octanol–water partition coefficient (Wildman–Crippen LogP) is 8.87. The number of carboxylic acid groups (broad SMARTS) is 1. The van der Waals surface area contributed by atoms with E-state index < -0.39 is 11.8 Å². The van der Waals surface area contributed by atoms with Crippen molar-refractivity contribution in [2.45, 2.75) is 77.2 Å². The van der Waals surface area contributed by atoms with E-state index in [1.54, 1.807) is 37.4 Å². The van der Waals surface area contributed by atoms with Crippen molar-refractivity contribution in [3.63, 3.8) is 0 Å². The number of benzene rings is 3. The molecule has 6 heteroatoms. The molecule has 0 unspecified atom stereocenters. The van der Waals surface area contributed by atoms with Crippen LogP contribution in [0.15, 0.2) is 54.6 Å². The maximum atomic E-state index is 15.6. The van der Waals surface area contributed by atoms with Crippen LogP contribution in [-0.2, 0) is 11.4 Å². The van der Waals surface area contributed by atoms with Gasteiger partial charge in [0.25, 0.3) is 0 Å². The van der Waals surface area contributed by atoms with E-state index >= 15 is 8.78 Å². The highest BCUT2D eigenvalue weighted by Gasteiger charge is 2.37. The second kappa shape index (κ2) is 11.6. The molecule has 0 aromatic heterocycles. The molecular formula is C34H38F2O4. The molecule has 0 saturated heterocycles. The van der Waals surface area contributed by atoms with E-state index in [0.717, 1.165) is 48.8 Å². The Hall–Kier alpha value is -3.41. The van der Waals surface area contributed by atoms with Gasteiger partial charge >= 0.3 is 5.97 Å². The van der Waals surface area contributed by atoms with Crippen LogP contribution in [-0.4, -0.2) is 18.2 Å². The Morgan fingerprint density at radius 1 is 1.02 bits per heavy atom. The lowest BCUT2D eigenvalue weighted by atomic mass is 9.65. The number of hydrogen-bond acceptors (Lipinski definition) is 3. The average Bonchev–Trinajstić information content (AvgIpc) is 3.77. The maximum absolute atomic E-state index is 15.6. The van der Waals surface area contributed by atoms with Crippen molar-refractivity contribution in [1.29, 1.82) is 0 Å². The van der Waals surface area contributed by atoms with Gasteiger partial charge in [-0.2, -0.15) is 0 Å². The molecule has 5 rings (SSSR count). The Labute approximate surface area is 235 Å². The van der Waals surface area contributed by atoms with Gasteiger partial charge in [0.05, 0.1) is 13.5 Å². The summed E-state index contributed by atoms with van der Waals surface area (Å²) in [4.78, 5) is 11.4. The standard InChI is InChI=1S/C34H38F2O4/c1-34(2)16-5-4-8-29(34)27-17-21(10-14-24(27)28-18-23(39-3)13-15-30(28)35)20-40-31-9-6-7-25(33(31)36)26(19-32(37)38)22-11-12-22/h6-7,9-10,13-15,17-18,22,26,29H,4-5,8,11-12,16,19-20H2,1-3H3,(H,37,38)/t26-,29+/m1/s1. The molecule has 1 N–H and O–H groups in total. The van der Waals surface area contributed by atoms with Crippen molar-refractivity contribution < 1.29 is 28.2 Å². The van der Waals surface area contributed by atoms with E-state index in [9.17, 15) is 9.90 Å². The normalized spacial score (nSPS) is 19.2. The van der Waals surface area contributed by atoms with Crippen LogP contribution in [0.1, 0.15) is 87.3 Å². The quantitative estimate of drug-likeness (QED) is 0.275. The van der Waals surface area contributed by atoms with E-state index in [1.807, 2.05) is 12.1 Å². The SMILES string of the molecule is COc1ccc(F)c(-c2ccc(COc3cccc([C@H](CC(=O)O)C4CC4)c3F)cc2[C@@H]2CCCCC2(C)C)c1. The largest absolute Gasteiger partial charge is 0.497 e. The van der Waals surface area contributed by atoms with E-state index in [4.69, 9.17) is 9.47 Å². The predicted molar refractivity (Wildman–Crippen MR) is 152 cm³/mol. The number of carbonyl (C=O) groups is 1. The van der Waals surface area contributed by atoms with Crippen LogP contribution in [0.4, 0.5) is 8.78 Å². The molecule has 40 heavy (non-hydrogen) atoms. The smallest absolute Gasteiger partial charge is 0.303 e. The van der Waals surface area contributed by atoms with Crippen molar-refractivity contribution >= 4 is 5.97 Å². The summed E-state index contributed by atoms with van der Waals surface area (Å²) >= 11 is 0. The van der Waals surface area contributed by atoms with Crippen LogP contribution in [0.2, 0.25) is 0 Å². The lowest BCUT2D eigenvalue weighted by Crippen LogP contribution is -2.26. The lowest BCUT2D eigenvalue weighted by molar-refractivity contribution is -0.137. The minimum Gasteiger partial charge on any atom is -0.497 e. The molecule has 0 heterocycles. The number of aliphatic carboxylic acids is 1. The molecule has 0 bridgehead atoms. The highest BCUT2D eigenvalue weighted by atomic mass is 19.1. The minimum absolute atomic E-state index is 0.0459. The molecular weight excluding hydrogens is 510 g/mol. The average molecular weight is 549 g/mol. The number of methoxy groups -OCH3 is 1. The molecule has 2 saturated carbocycles. The van der Waals surface area contributed by atoms with Gasteiger partial charge in [-0.05, 0) is 89.5 Å². The second-order valence-electron chi connectivity index (χ2n) is 12.0. The summed E-state index contributed by atoms with van der Waals surface area (Å²) in [6.07, 6.45) is 6.15. The monoisotopic (exact) mass is 548 g/mol. The molecule has 0 amide bonds. The summed E-state index contributed by atoms with van der Waals surface area (Å²) in [5.41, 5.74) is 3.75. The highest BCUT2D eigenvalue weighted by molar-refractivity contribution is 5.71. The highest BCUT2D eigenvalue weighted by Crippen LogP contribution is 2.50. The molecule has 0 aliphatic heterocycles. The summed E-state index contributed by atoms with van der Waals surface area (Å²) in [6.45, 7) is 4.70. The Morgan fingerprint density at radius 3 is 2.52 bits per heavy atom. The first-order valence-electron chi connectivity index (χ1n) is 14.3. The summed E-state index contributed by atoms with van der Waals surface area (Å²) < 4.78 is 42.1. The molecule has 2 atom stereocenters. The number of halogens is 2. The topological polar surface area (TPSA) is 55.8 Å². The van der Waals surface area contributed by atoms with Crippen molar-refractivity contribution in [2.24, 2.45) is 11.3 Å². The first kappa shape index (κ1) is 28.1. The van der Waals surface area contributed by atoms with Crippen LogP contribution in [0.3, 0.4) is 0 Å². The van der Waals surface area contributed by atoms with Crippen LogP contribution < -0.4 is 9.47 Å². The van der Waals surface area contributed by atoms with E-state index in [0.29, 0.717) is 16.9 Å². The van der Waals surface area contributed by atoms with Gasteiger partial charge in [0.1, 0.15) is 18.2 Å². The lowest BCUT2D eigenvalue weighted by Gasteiger charge is -2.40. The van der Waals surface area contributed by atoms with Gasteiger partial charge < -0.3 is 14.6 Å². The molecule has 2 fully saturated rings. The van der Waals surface area contributed by atoms with Crippen LogP contribution in [0, 0.1) is 23.0 Å². The third-order valence-electron chi connectivity index (χ3n) is 8.83. The molecule has 2 aliphatic rings. The number of carboxylic acids is 1. The van der Waals surface area contributed by atoms with E-state index in [1.165, 1.54) is 12.5 Å².